The number of hydrogen-bond donors (Lipinski definition) is 0. The summed E-state index contributed by atoms with van der Waals surface area (Å²) in [7, 11) is 0. The maximum absolute atomic E-state index is 12.5. The summed E-state index contributed by atoms with van der Waals surface area (Å²) < 4.78 is 22.3. The number of benzene rings is 1. The Morgan fingerprint density at radius 3 is 2.71 bits per heavy atom. The molecule has 1 aromatic heterocycles. The van der Waals surface area contributed by atoms with Gasteiger partial charge in [0.05, 0.1) is 0 Å². The van der Waals surface area contributed by atoms with Gasteiger partial charge < -0.3 is 9.26 Å². The maximum Gasteiger partial charge on any atom is 0.213 e. The highest BCUT2D eigenvalue weighted by molar-refractivity contribution is 5.22. The average molecular weight is 194 g/mol. The van der Waals surface area contributed by atoms with Gasteiger partial charge in [0.2, 0.25) is 12.2 Å². The Labute approximate surface area is 79.3 Å². The van der Waals surface area contributed by atoms with E-state index in [0.29, 0.717) is 11.6 Å². The van der Waals surface area contributed by atoms with Gasteiger partial charge in [0.15, 0.2) is 6.61 Å². The van der Waals surface area contributed by atoms with Crippen LogP contribution in [0.2, 0.25) is 0 Å². The molecule has 2 aromatic rings. The van der Waals surface area contributed by atoms with Crippen LogP contribution in [0.25, 0.3) is 0 Å². The predicted octanol–water partition coefficient (Wildman–Crippen LogP) is 1.79. The number of rotatable bonds is 3. The van der Waals surface area contributed by atoms with Gasteiger partial charge >= 0.3 is 0 Å². The topological polar surface area (TPSA) is 48.2 Å². The van der Waals surface area contributed by atoms with Crippen molar-refractivity contribution in [3.63, 3.8) is 0 Å². The molecule has 2 rings (SSSR count). The van der Waals surface area contributed by atoms with Crippen molar-refractivity contribution in [1.29, 1.82) is 0 Å². The molecule has 0 saturated heterocycles. The molecule has 0 fully saturated rings. The number of hydrogen-bond acceptors (Lipinski definition) is 4. The molecule has 0 spiro atoms. The molecule has 0 N–H and O–H groups in total. The Morgan fingerprint density at radius 1 is 1.29 bits per heavy atom. The quantitative estimate of drug-likeness (QED) is 0.747. The maximum atomic E-state index is 12.5. The van der Waals surface area contributed by atoms with Gasteiger partial charge in [-0.15, -0.1) is 0 Å². The van der Waals surface area contributed by atoms with E-state index in [9.17, 15) is 4.39 Å². The molecule has 0 radical (unpaired) electrons. The van der Waals surface area contributed by atoms with Gasteiger partial charge in [-0.1, -0.05) is 5.16 Å². The molecule has 0 bridgehead atoms. The summed E-state index contributed by atoms with van der Waals surface area (Å²) in [6, 6.07) is 5.72. The fraction of sp³-hybridized carbons (Fsp3) is 0.111. The normalized spacial score (nSPS) is 10.1. The summed E-state index contributed by atoms with van der Waals surface area (Å²) in [5.74, 6) is 0.724. The molecule has 5 heteroatoms. The second kappa shape index (κ2) is 3.87. The Bertz CT molecular complexity index is 386. The van der Waals surface area contributed by atoms with E-state index in [0.717, 1.165) is 0 Å². The van der Waals surface area contributed by atoms with Crippen LogP contribution < -0.4 is 4.74 Å². The smallest absolute Gasteiger partial charge is 0.213 e. The first kappa shape index (κ1) is 8.68. The van der Waals surface area contributed by atoms with Crippen molar-refractivity contribution in [2.45, 2.75) is 6.61 Å². The van der Waals surface area contributed by atoms with Crippen LogP contribution in [0.5, 0.6) is 5.75 Å². The molecule has 1 heterocycles. The van der Waals surface area contributed by atoms with Crippen molar-refractivity contribution >= 4 is 0 Å². The number of ether oxygens (including phenoxy) is 1. The van der Waals surface area contributed by atoms with Gasteiger partial charge in [-0.2, -0.15) is 4.98 Å². The Hall–Kier alpha value is -1.91. The highest BCUT2D eigenvalue weighted by Gasteiger charge is 1.99. The van der Waals surface area contributed by atoms with Crippen molar-refractivity contribution < 1.29 is 13.7 Å². The summed E-state index contributed by atoms with van der Waals surface area (Å²) in [4.78, 5) is 3.77. The molecule has 1 aromatic carbocycles. The molecule has 0 aliphatic rings. The Balaban J connectivity index is 1.95. The zero-order valence-electron chi connectivity index (χ0n) is 7.18. The van der Waals surface area contributed by atoms with Crippen LogP contribution in [0.3, 0.4) is 0 Å². The third kappa shape index (κ3) is 2.07. The highest BCUT2D eigenvalue weighted by atomic mass is 19.1. The number of nitrogens with zero attached hydrogens (tertiary/aromatic N) is 2. The molecule has 0 aliphatic carbocycles. The molecule has 72 valence electrons. The second-order valence-electron chi connectivity index (χ2n) is 2.59. The largest absolute Gasteiger partial charge is 0.485 e. The van der Waals surface area contributed by atoms with Crippen molar-refractivity contribution in [2.75, 3.05) is 0 Å². The lowest BCUT2D eigenvalue weighted by Gasteiger charge is -2.01. The number of halogens is 1. The van der Waals surface area contributed by atoms with Crippen molar-refractivity contribution in [3.8, 4) is 5.75 Å². The third-order valence-corrected chi connectivity index (χ3v) is 1.59. The van der Waals surface area contributed by atoms with Crippen LogP contribution in [0.1, 0.15) is 5.82 Å². The van der Waals surface area contributed by atoms with Crippen molar-refractivity contribution in [3.05, 3.63) is 42.3 Å². The Kier molecular flexibility index (Phi) is 2.40. The molecule has 0 aliphatic heterocycles. The van der Waals surface area contributed by atoms with E-state index in [-0.39, 0.29) is 12.4 Å². The van der Waals surface area contributed by atoms with Crippen LogP contribution in [0, 0.1) is 5.82 Å². The molecule has 0 saturated carbocycles. The van der Waals surface area contributed by atoms with Crippen LogP contribution in [0.15, 0.2) is 35.2 Å². The lowest BCUT2D eigenvalue weighted by molar-refractivity contribution is 0.286. The van der Waals surface area contributed by atoms with Gasteiger partial charge in [0.1, 0.15) is 11.6 Å². The van der Waals surface area contributed by atoms with Crippen LogP contribution >= 0.6 is 0 Å². The molecular weight excluding hydrogens is 187 g/mol. The lowest BCUT2D eigenvalue weighted by Crippen LogP contribution is -1.97. The Morgan fingerprint density at radius 2 is 2.07 bits per heavy atom. The molecule has 0 unspecified atom stereocenters. The van der Waals surface area contributed by atoms with E-state index in [1.165, 1.54) is 30.7 Å². The van der Waals surface area contributed by atoms with E-state index in [1.54, 1.807) is 0 Å². The minimum atomic E-state index is -0.295. The van der Waals surface area contributed by atoms with Gasteiger partial charge in [-0.05, 0) is 24.3 Å². The summed E-state index contributed by atoms with van der Waals surface area (Å²) in [5.41, 5.74) is 0. The summed E-state index contributed by atoms with van der Waals surface area (Å²) >= 11 is 0. The summed E-state index contributed by atoms with van der Waals surface area (Å²) in [5, 5.41) is 3.56. The predicted molar refractivity (Wildman–Crippen MR) is 45.0 cm³/mol. The molecule has 0 amide bonds. The van der Waals surface area contributed by atoms with E-state index >= 15 is 0 Å². The summed E-state index contributed by atoms with van der Waals surface area (Å²) in [6.45, 7) is 0.210. The van der Waals surface area contributed by atoms with Crippen LogP contribution in [0.4, 0.5) is 4.39 Å². The fourth-order valence-electron chi connectivity index (χ4n) is 0.935. The summed E-state index contributed by atoms with van der Waals surface area (Å²) in [6.07, 6.45) is 1.23. The van der Waals surface area contributed by atoms with E-state index in [2.05, 4.69) is 14.7 Å². The van der Waals surface area contributed by atoms with Gasteiger partial charge in [0.25, 0.3) is 0 Å². The molecule has 14 heavy (non-hydrogen) atoms. The van der Waals surface area contributed by atoms with E-state index in [4.69, 9.17) is 4.74 Å². The van der Waals surface area contributed by atoms with Gasteiger partial charge in [-0.3, -0.25) is 0 Å². The standard InChI is InChI=1S/C9H7FN2O2/c10-7-1-3-8(4-2-7)13-5-9-11-6-14-12-9/h1-4,6H,5H2. The first-order valence-electron chi connectivity index (χ1n) is 3.98. The average Bonchev–Trinajstić information content (AvgIpc) is 2.70. The first-order chi connectivity index (χ1) is 6.84. The molecule has 4 nitrogen and oxygen atoms in total. The third-order valence-electron chi connectivity index (χ3n) is 1.59. The zero-order chi connectivity index (χ0) is 9.80. The molecule has 0 atom stereocenters. The number of aromatic nitrogens is 2. The minimum absolute atomic E-state index is 0.210. The van der Waals surface area contributed by atoms with Crippen LogP contribution in [-0.4, -0.2) is 10.1 Å². The van der Waals surface area contributed by atoms with E-state index in [1.807, 2.05) is 0 Å². The molecular formula is C9H7FN2O2. The minimum Gasteiger partial charge on any atom is -0.485 e. The first-order valence-corrected chi connectivity index (χ1v) is 3.98. The SMILES string of the molecule is Fc1ccc(OCc2ncon2)cc1. The van der Waals surface area contributed by atoms with Crippen LogP contribution in [-0.2, 0) is 6.61 Å². The zero-order valence-corrected chi connectivity index (χ0v) is 7.18. The highest BCUT2D eigenvalue weighted by Crippen LogP contribution is 2.11. The van der Waals surface area contributed by atoms with E-state index < -0.39 is 0 Å². The van der Waals surface area contributed by atoms with Gasteiger partial charge in [0, 0.05) is 0 Å². The van der Waals surface area contributed by atoms with Gasteiger partial charge in [-0.25, -0.2) is 4.39 Å². The lowest BCUT2D eigenvalue weighted by atomic mass is 10.3. The van der Waals surface area contributed by atoms with Crippen molar-refractivity contribution in [2.24, 2.45) is 0 Å². The fourth-order valence-corrected chi connectivity index (χ4v) is 0.935. The monoisotopic (exact) mass is 194 g/mol. The van der Waals surface area contributed by atoms with Crippen molar-refractivity contribution in [1.82, 2.24) is 10.1 Å². The second-order valence-corrected chi connectivity index (χ2v) is 2.59.